The molecule has 1 fully saturated rings. The Morgan fingerprint density at radius 3 is 2.71 bits per heavy atom. The Balaban J connectivity index is 1.89. The normalized spacial score (nSPS) is 17.0. The minimum absolute atomic E-state index is 0.217. The fraction of sp³-hybridized carbons (Fsp3) is 0.571. The Hall–Kier alpha value is -1.22. The Kier molecular flexibility index (Phi) is 4.26. The van der Waals surface area contributed by atoms with E-state index < -0.39 is 0 Å². The second-order valence-corrected chi connectivity index (χ2v) is 4.66. The van der Waals surface area contributed by atoms with Crippen molar-refractivity contribution < 1.29 is 9.84 Å². The van der Waals surface area contributed by atoms with Crippen LogP contribution in [0.25, 0.3) is 0 Å². The van der Waals surface area contributed by atoms with Gasteiger partial charge in [-0.2, -0.15) is 0 Å². The Bertz CT molecular complexity index is 359. The van der Waals surface area contributed by atoms with Crippen LogP contribution in [0, 0.1) is 0 Å². The Morgan fingerprint density at radius 1 is 1.24 bits per heavy atom. The molecule has 0 unspecified atom stereocenters. The summed E-state index contributed by atoms with van der Waals surface area (Å²) >= 11 is 0. The van der Waals surface area contributed by atoms with Crippen LogP contribution in [-0.4, -0.2) is 36.8 Å². The van der Waals surface area contributed by atoms with Crippen LogP contribution in [-0.2, 0) is 6.42 Å². The van der Waals surface area contributed by atoms with Gasteiger partial charge in [-0.3, -0.25) is 0 Å². The minimum Gasteiger partial charge on any atom is -0.504 e. The number of methoxy groups -OCH3 is 1. The molecule has 0 aromatic heterocycles. The smallest absolute Gasteiger partial charge is 0.160 e. The standard InChI is InChI=1S/C14H21NO2/c1-17-14-11-12(5-6-13(14)16)7-10-15-8-3-2-4-9-15/h5-6,11,16H,2-4,7-10H2,1H3. The topological polar surface area (TPSA) is 32.7 Å². The molecule has 0 atom stereocenters. The molecule has 17 heavy (non-hydrogen) atoms. The van der Waals surface area contributed by atoms with Crippen molar-refractivity contribution in [3.63, 3.8) is 0 Å². The third kappa shape index (κ3) is 3.37. The van der Waals surface area contributed by atoms with Crippen molar-refractivity contribution in [2.75, 3.05) is 26.7 Å². The van der Waals surface area contributed by atoms with Crippen LogP contribution >= 0.6 is 0 Å². The van der Waals surface area contributed by atoms with Crippen molar-refractivity contribution in [1.82, 2.24) is 4.90 Å². The molecule has 1 N–H and O–H groups in total. The maximum absolute atomic E-state index is 9.52. The number of aromatic hydroxyl groups is 1. The fourth-order valence-electron chi connectivity index (χ4n) is 2.35. The minimum atomic E-state index is 0.217. The summed E-state index contributed by atoms with van der Waals surface area (Å²) in [6.45, 7) is 3.57. The quantitative estimate of drug-likeness (QED) is 0.870. The zero-order valence-electron chi connectivity index (χ0n) is 10.5. The van der Waals surface area contributed by atoms with Crippen molar-refractivity contribution in [1.29, 1.82) is 0 Å². The summed E-state index contributed by atoms with van der Waals surface area (Å²) < 4.78 is 5.11. The lowest BCUT2D eigenvalue weighted by molar-refractivity contribution is 0.231. The highest BCUT2D eigenvalue weighted by atomic mass is 16.5. The molecule has 1 aliphatic rings. The first kappa shape index (κ1) is 12.2. The molecule has 0 saturated carbocycles. The van der Waals surface area contributed by atoms with E-state index in [4.69, 9.17) is 4.74 Å². The van der Waals surface area contributed by atoms with Gasteiger partial charge in [0.15, 0.2) is 11.5 Å². The molecule has 0 aliphatic carbocycles. The van der Waals surface area contributed by atoms with Crippen LogP contribution in [0.3, 0.4) is 0 Å². The zero-order valence-corrected chi connectivity index (χ0v) is 10.5. The summed E-state index contributed by atoms with van der Waals surface area (Å²) in [6.07, 6.45) is 5.07. The van der Waals surface area contributed by atoms with Gasteiger partial charge in [-0.15, -0.1) is 0 Å². The summed E-state index contributed by atoms with van der Waals surface area (Å²) in [4.78, 5) is 2.52. The van der Waals surface area contributed by atoms with Crippen LogP contribution in [0.2, 0.25) is 0 Å². The molecule has 1 saturated heterocycles. The van der Waals surface area contributed by atoms with E-state index in [0.717, 1.165) is 13.0 Å². The van der Waals surface area contributed by atoms with E-state index in [2.05, 4.69) is 4.90 Å². The van der Waals surface area contributed by atoms with E-state index in [9.17, 15) is 5.11 Å². The molecule has 0 amide bonds. The van der Waals surface area contributed by atoms with Gasteiger partial charge in [-0.1, -0.05) is 12.5 Å². The van der Waals surface area contributed by atoms with Gasteiger partial charge in [0.1, 0.15) is 0 Å². The highest BCUT2D eigenvalue weighted by Crippen LogP contribution is 2.26. The number of likely N-dealkylation sites (tertiary alicyclic amines) is 1. The van der Waals surface area contributed by atoms with E-state index in [0.29, 0.717) is 5.75 Å². The first-order valence-corrected chi connectivity index (χ1v) is 6.38. The van der Waals surface area contributed by atoms with E-state index >= 15 is 0 Å². The molecule has 94 valence electrons. The number of piperidine rings is 1. The Morgan fingerprint density at radius 2 is 2.00 bits per heavy atom. The average molecular weight is 235 g/mol. The zero-order chi connectivity index (χ0) is 12.1. The maximum Gasteiger partial charge on any atom is 0.160 e. The third-order valence-electron chi connectivity index (χ3n) is 3.41. The van der Waals surface area contributed by atoms with Gasteiger partial charge in [0, 0.05) is 6.54 Å². The van der Waals surface area contributed by atoms with E-state index in [1.807, 2.05) is 12.1 Å². The number of phenolic OH excluding ortho intramolecular Hbond substituents is 1. The maximum atomic E-state index is 9.52. The summed E-state index contributed by atoms with van der Waals surface area (Å²) in [5.41, 5.74) is 1.23. The number of rotatable bonds is 4. The van der Waals surface area contributed by atoms with Gasteiger partial charge in [-0.05, 0) is 50.0 Å². The molecule has 1 aromatic carbocycles. The lowest BCUT2D eigenvalue weighted by atomic mass is 10.1. The van der Waals surface area contributed by atoms with Crippen LogP contribution in [0.4, 0.5) is 0 Å². The number of hydrogen-bond acceptors (Lipinski definition) is 3. The largest absolute Gasteiger partial charge is 0.504 e. The molecular formula is C14H21NO2. The van der Waals surface area contributed by atoms with Crippen LogP contribution in [0.15, 0.2) is 18.2 Å². The van der Waals surface area contributed by atoms with E-state index in [-0.39, 0.29) is 5.75 Å². The van der Waals surface area contributed by atoms with Crippen molar-refractivity contribution in [2.45, 2.75) is 25.7 Å². The SMILES string of the molecule is COc1cc(CCN2CCCCC2)ccc1O. The molecule has 3 nitrogen and oxygen atoms in total. The van der Waals surface area contributed by atoms with E-state index in [1.54, 1.807) is 13.2 Å². The number of phenols is 1. The molecule has 0 spiro atoms. The molecule has 3 heteroatoms. The van der Waals surface area contributed by atoms with Gasteiger partial charge in [0.25, 0.3) is 0 Å². The molecule has 0 radical (unpaired) electrons. The molecule has 1 heterocycles. The van der Waals surface area contributed by atoms with Crippen LogP contribution in [0.5, 0.6) is 11.5 Å². The first-order valence-electron chi connectivity index (χ1n) is 6.38. The number of benzene rings is 1. The summed E-state index contributed by atoms with van der Waals surface area (Å²) in [6, 6.07) is 5.62. The second kappa shape index (κ2) is 5.92. The molecule has 1 aromatic rings. The van der Waals surface area contributed by atoms with Crippen molar-refractivity contribution >= 4 is 0 Å². The Labute approximate surface area is 103 Å². The predicted molar refractivity (Wildman–Crippen MR) is 68.7 cm³/mol. The lowest BCUT2D eigenvalue weighted by Gasteiger charge is -2.26. The summed E-state index contributed by atoms with van der Waals surface area (Å²) in [7, 11) is 1.59. The van der Waals surface area contributed by atoms with Crippen LogP contribution < -0.4 is 4.74 Å². The van der Waals surface area contributed by atoms with Gasteiger partial charge in [0.05, 0.1) is 7.11 Å². The monoisotopic (exact) mass is 235 g/mol. The number of nitrogens with zero attached hydrogens (tertiary/aromatic N) is 1. The molecule has 2 rings (SSSR count). The van der Waals surface area contributed by atoms with Gasteiger partial charge >= 0.3 is 0 Å². The van der Waals surface area contributed by atoms with Gasteiger partial charge in [-0.25, -0.2) is 0 Å². The highest BCUT2D eigenvalue weighted by Gasteiger charge is 2.10. The van der Waals surface area contributed by atoms with Crippen LogP contribution in [0.1, 0.15) is 24.8 Å². The average Bonchev–Trinajstić information content (AvgIpc) is 2.39. The van der Waals surface area contributed by atoms with Crippen molar-refractivity contribution in [3.05, 3.63) is 23.8 Å². The van der Waals surface area contributed by atoms with Crippen molar-refractivity contribution in [3.8, 4) is 11.5 Å². The van der Waals surface area contributed by atoms with E-state index in [1.165, 1.54) is 37.9 Å². The summed E-state index contributed by atoms with van der Waals surface area (Å²) in [5.74, 6) is 0.787. The van der Waals surface area contributed by atoms with Crippen molar-refractivity contribution in [2.24, 2.45) is 0 Å². The predicted octanol–water partition coefficient (Wildman–Crippen LogP) is 2.43. The third-order valence-corrected chi connectivity index (χ3v) is 3.41. The second-order valence-electron chi connectivity index (χ2n) is 4.66. The molecular weight excluding hydrogens is 214 g/mol. The van der Waals surface area contributed by atoms with Gasteiger partial charge < -0.3 is 14.7 Å². The molecule has 1 aliphatic heterocycles. The lowest BCUT2D eigenvalue weighted by Crippen LogP contribution is -2.31. The summed E-state index contributed by atoms with van der Waals surface area (Å²) in [5, 5.41) is 9.52. The number of ether oxygens (including phenoxy) is 1. The molecule has 0 bridgehead atoms. The van der Waals surface area contributed by atoms with Gasteiger partial charge in [0.2, 0.25) is 0 Å². The number of hydrogen-bond donors (Lipinski definition) is 1. The highest BCUT2D eigenvalue weighted by molar-refractivity contribution is 5.41. The fourth-order valence-corrected chi connectivity index (χ4v) is 2.35. The first-order chi connectivity index (χ1) is 8.29.